The van der Waals surface area contributed by atoms with Gasteiger partial charge in [0.25, 0.3) is 0 Å². The number of rotatable bonds is 7. The second-order valence-corrected chi connectivity index (χ2v) is 12.4. The van der Waals surface area contributed by atoms with Crippen LogP contribution in [-0.4, -0.2) is 71.6 Å². The molecule has 44 heavy (non-hydrogen) atoms. The topological polar surface area (TPSA) is 111 Å². The Kier molecular flexibility index (Phi) is 10.0. The molecule has 1 heterocycles. The van der Waals surface area contributed by atoms with E-state index in [0.29, 0.717) is 23.5 Å². The fraction of sp³-hybridized carbons (Fsp3) is 0.457. The van der Waals surface area contributed by atoms with Gasteiger partial charge in [-0.2, -0.15) is 0 Å². The molecule has 9 nitrogen and oxygen atoms in total. The zero-order valence-electron chi connectivity index (χ0n) is 25.9. The Morgan fingerprint density at radius 2 is 1.80 bits per heavy atom. The minimum Gasteiger partial charge on any atom is -0.488 e. The molecule has 3 N–H and O–H groups in total. The highest BCUT2D eigenvalue weighted by Crippen LogP contribution is 2.31. The van der Waals surface area contributed by atoms with Crippen molar-refractivity contribution in [3.8, 4) is 5.75 Å². The largest absolute Gasteiger partial charge is 0.488 e. The molecule has 1 aliphatic carbocycles. The molecule has 0 radical (unpaired) electrons. The summed E-state index contributed by atoms with van der Waals surface area (Å²) in [4.78, 5) is 43.2. The number of hydrogen-bond donors (Lipinski definition) is 3. The summed E-state index contributed by atoms with van der Waals surface area (Å²) in [5, 5.41) is 18.0. The molecule has 1 aliphatic heterocycles. The fourth-order valence-corrected chi connectivity index (χ4v) is 6.23. The first kappa shape index (κ1) is 31.3. The van der Waals surface area contributed by atoms with Crippen molar-refractivity contribution in [1.82, 2.24) is 9.80 Å². The average Bonchev–Trinajstić information content (AvgIpc) is 3.08. The maximum absolute atomic E-state index is 13.6. The van der Waals surface area contributed by atoms with E-state index in [1.54, 1.807) is 22.9 Å². The minimum absolute atomic E-state index is 0.00789. The molecule has 3 aromatic carbocycles. The van der Waals surface area contributed by atoms with E-state index in [4.69, 9.17) is 4.74 Å². The summed E-state index contributed by atoms with van der Waals surface area (Å²) in [6.07, 6.45) is 4.73. The molecule has 2 aliphatic rings. The second-order valence-electron chi connectivity index (χ2n) is 12.4. The highest BCUT2D eigenvalue weighted by molar-refractivity contribution is 6.01. The van der Waals surface area contributed by atoms with Crippen molar-refractivity contribution in [3.05, 3.63) is 66.2 Å². The molecule has 0 spiro atoms. The zero-order chi connectivity index (χ0) is 31.2. The summed E-state index contributed by atoms with van der Waals surface area (Å²) in [6, 6.07) is 18.5. The normalized spacial score (nSPS) is 20.0. The Labute approximate surface area is 259 Å². The van der Waals surface area contributed by atoms with Crippen LogP contribution in [0.25, 0.3) is 10.8 Å². The fourth-order valence-electron chi connectivity index (χ4n) is 6.23. The number of anilines is 2. The molecule has 1 fully saturated rings. The first-order valence-corrected chi connectivity index (χ1v) is 15.7. The van der Waals surface area contributed by atoms with Gasteiger partial charge in [0.15, 0.2) is 0 Å². The number of aliphatic hydroxyl groups is 1. The molecule has 5 rings (SSSR count). The van der Waals surface area contributed by atoms with E-state index in [2.05, 4.69) is 10.6 Å². The molecule has 3 aromatic rings. The van der Waals surface area contributed by atoms with Gasteiger partial charge < -0.3 is 30.3 Å². The van der Waals surface area contributed by atoms with Crippen molar-refractivity contribution < 1.29 is 24.2 Å². The predicted octanol–water partition coefficient (Wildman–Crippen LogP) is 5.67. The summed E-state index contributed by atoms with van der Waals surface area (Å²) < 4.78 is 6.58. The Bertz CT molecular complexity index is 1480. The molecule has 1 saturated carbocycles. The van der Waals surface area contributed by atoms with E-state index < -0.39 is 6.10 Å². The van der Waals surface area contributed by atoms with E-state index in [0.717, 1.165) is 42.1 Å². The van der Waals surface area contributed by atoms with E-state index in [1.807, 2.05) is 68.4 Å². The van der Waals surface area contributed by atoms with Crippen LogP contribution in [0.4, 0.5) is 16.2 Å². The quantitative estimate of drug-likeness (QED) is 0.324. The molecule has 0 unspecified atom stereocenters. The van der Waals surface area contributed by atoms with E-state index in [-0.39, 0.29) is 55.3 Å². The van der Waals surface area contributed by atoms with Crippen LogP contribution in [-0.2, 0) is 16.0 Å². The third kappa shape index (κ3) is 7.33. The number of hydrogen-bond acceptors (Lipinski definition) is 5. The van der Waals surface area contributed by atoms with Crippen molar-refractivity contribution in [2.75, 3.05) is 37.4 Å². The molecular weight excluding hydrogens is 556 g/mol. The lowest BCUT2D eigenvalue weighted by molar-refractivity contribution is -0.134. The Hall–Kier alpha value is -4.11. The molecule has 4 amide bonds. The lowest BCUT2D eigenvalue weighted by atomic mass is 9.88. The van der Waals surface area contributed by atoms with E-state index >= 15 is 0 Å². The van der Waals surface area contributed by atoms with Gasteiger partial charge in [0, 0.05) is 42.1 Å². The average molecular weight is 601 g/mol. The molecule has 0 aromatic heterocycles. The Morgan fingerprint density at radius 1 is 1.05 bits per heavy atom. The molecule has 0 saturated heterocycles. The van der Waals surface area contributed by atoms with Crippen molar-refractivity contribution in [3.63, 3.8) is 0 Å². The first-order chi connectivity index (χ1) is 21.2. The van der Waals surface area contributed by atoms with Crippen molar-refractivity contribution in [1.29, 1.82) is 0 Å². The van der Waals surface area contributed by atoms with Crippen LogP contribution in [0.15, 0.2) is 60.7 Å². The number of carbonyl (C=O) groups is 3. The van der Waals surface area contributed by atoms with Crippen LogP contribution in [0.2, 0.25) is 0 Å². The Balaban J connectivity index is 1.37. The minimum atomic E-state index is -0.445. The molecule has 9 heteroatoms. The van der Waals surface area contributed by atoms with Crippen LogP contribution in [0.3, 0.4) is 0 Å². The number of fused-ring (bicyclic) bond motifs is 2. The number of likely N-dealkylation sites (N-methyl/N-ethyl adjacent to an activating group) is 1. The third-order valence-electron chi connectivity index (χ3n) is 8.99. The summed E-state index contributed by atoms with van der Waals surface area (Å²) in [5.74, 6) is 0.292. The number of aliphatic hydroxyl groups excluding tert-OH is 1. The van der Waals surface area contributed by atoms with Crippen LogP contribution in [0, 0.1) is 11.8 Å². The SMILES string of the molecule is C[C@H]1CN([C@@H](C)CO)C(=O)Cc2cc(NC(=O)C3CCCCC3)ccc2O[C@H]1CN(C)C(=O)Nc1cccc2ccccc12. The smallest absolute Gasteiger partial charge is 0.321 e. The summed E-state index contributed by atoms with van der Waals surface area (Å²) >= 11 is 0. The zero-order valence-corrected chi connectivity index (χ0v) is 25.9. The maximum Gasteiger partial charge on any atom is 0.321 e. The second kappa shape index (κ2) is 14.1. The summed E-state index contributed by atoms with van der Waals surface area (Å²) in [7, 11) is 1.73. The lowest BCUT2D eigenvalue weighted by Gasteiger charge is -2.34. The van der Waals surface area contributed by atoms with Crippen LogP contribution >= 0.6 is 0 Å². The predicted molar refractivity (Wildman–Crippen MR) is 173 cm³/mol. The van der Waals surface area contributed by atoms with Crippen LogP contribution < -0.4 is 15.4 Å². The number of nitrogens with zero attached hydrogens (tertiary/aromatic N) is 2. The number of carbonyl (C=O) groups excluding carboxylic acids is 3. The summed E-state index contributed by atoms with van der Waals surface area (Å²) in [5.41, 5.74) is 2.02. The van der Waals surface area contributed by atoms with Crippen molar-refractivity contribution in [2.45, 2.75) is 64.5 Å². The Morgan fingerprint density at radius 3 is 2.57 bits per heavy atom. The molecule has 0 bridgehead atoms. The van der Waals surface area contributed by atoms with Gasteiger partial charge in [-0.15, -0.1) is 0 Å². The number of benzene rings is 3. The van der Waals surface area contributed by atoms with Gasteiger partial charge in [-0.25, -0.2) is 4.79 Å². The number of urea groups is 1. The van der Waals surface area contributed by atoms with Gasteiger partial charge in [0.1, 0.15) is 11.9 Å². The standard InChI is InChI=1S/C35H44N4O5/c1-23-20-39(24(2)22-40)33(41)19-27-18-28(36-34(42)26-11-5-4-6-12-26)16-17-31(27)44-32(23)21-38(3)35(43)37-30-15-9-13-25-10-7-8-14-29(25)30/h7-10,13-18,23-24,26,32,40H,4-6,11-12,19-22H2,1-3H3,(H,36,42)(H,37,43)/t23-,24-,32-/m0/s1. The van der Waals surface area contributed by atoms with Gasteiger partial charge in [-0.3, -0.25) is 9.59 Å². The van der Waals surface area contributed by atoms with Crippen LogP contribution in [0.1, 0.15) is 51.5 Å². The number of amides is 4. The highest BCUT2D eigenvalue weighted by atomic mass is 16.5. The molecular formula is C35H44N4O5. The van der Waals surface area contributed by atoms with Gasteiger partial charge in [0.05, 0.1) is 31.3 Å². The van der Waals surface area contributed by atoms with E-state index in [9.17, 15) is 19.5 Å². The van der Waals surface area contributed by atoms with Gasteiger partial charge in [-0.1, -0.05) is 62.6 Å². The third-order valence-corrected chi connectivity index (χ3v) is 8.99. The lowest BCUT2D eigenvalue weighted by Crippen LogP contribution is -2.48. The summed E-state index contributed by atoms with van der Waals surface area (Å²) in [6.45, 7) is 4.29. The van der Waals surface area contributed by atoms with Gasteiger partial charge in [-0.05, 0) is 49.4 Å². The highest BCUT2D eigenvalue weighted by Gasteiger charge is 2.32. The monoisotopic (exact) mass is 600 g/mol. The maximum atomic E-state index is 13.6. The molecule has 3 atom stereocenters. The van der Waals surface area contributed by atoms with Gasteiger partial charge in [0.2, 0.25) is 11.8 Å². The van der Waals surface area contributed by atoms with Gasteiger partial charge >= 0.3 is 6.03 Å². The first-order valence-electron chi connectivity index (χ1n) is 15.7. The van der Waals surface area contributed by atoms with Crippen molar-refractivity contribution >= 4 is 40.0 Å². The molecule has 234 valence electrons. The number of ether oxygens (including phenoxy) is 1. The number of nitrogens with one attached hydrogen (secondary N) is 2. The van der Waals surface area contributed by atoms with Crippen molar-refractivity contribution in [2.24, 2.45) is 11.8 Å². The van der Waals surface area contributed by atoms with E-state index in [1.165, 1.54) is 6.42 Å². The van der Waals surface area contributed by atoms with Crippen LogP contribution in [0.5, 0.6) is 5.75 Å².